The van der Waals surface area contributed by atoms with Crippen LogP contribution in [0.25, 0.3) is 0 Å². The average Bonchev–Trinajstić information content (AvgIpc) is 2.50. The molecule has 2 aliphatic rings. The van der Waals surface area contributed by atoms with Crippen molar-refractivity contribution in [2.75, 3.05) is 7.11 Å². The van der Waals surface area contributed by atoms with Crippen LogP contribution in [-0.2, 0) is 23.4 Å². The molecule has 1 aliphatic carbocycles. The Morgan fingerprint density at radius 1 is 1.19 bits per heavy atom. The van der Waals surface area contributed by atoms with E-state index in [0.29, 0.717) is 0 Å². The van der Waals surface area contributed by atoms with Crippen molar-refractivity contribution in [1.29, 1.82) is 0 Å². The number of carbonyl (C=O) groups excluding carboxylic acids is 1. The van der Waals surface area contributed by atoms with E-state index in [-0.39, 0.29) is 28.4 Å². The van der Waals surface area contributed by atoms with Crippen LogP contribution >= 0.6 is 0 Å². The van der Waals surface area contributed by atoms with Gasteiger partial charge in [0, 0.05) is 6.42 Å². The second-order valence-electron chi connectivity index (χ2n) is 10.3. The monoisotopic (exact) mass is 398 g/mol. The molecule has 6 heteroatoms. The molecule has 0 aromatic heterocycles. The lowest BCUT2D eigenvalue weighted by Crippen LogP contribution is -2.60. The fraction of sp³-hybridized carbons (Fsp3) is 0.857. The van der Waals surface area contributed by atoms with Crippen molar-refractivity contribution in [1.82, 2.24) is 0 Å². The van der Waals surface area contributed by atoms with Crippen LogP contribution in [0.15, 0.2) is 11.8 Å². The first-order valence-electron chi connectivity index (χ1n) is 10.1. The van der Waals surface area contributed by atoms with E-state index in [1.54, 1.807) is 6.08 Å². The Morgan fingerprint density at radius 3 is 2.33 bits per heavy atom. The lowest BCUT2D eigenvalue weighted by Gasteiger charge is -2.54. The van der Waals surface area contributed by atoms with Crippen LogP contribution in [0.2, 0.25) is 18.1 Å². The summed E-state index contributed by atoms with van der Waals surface area (Å²) in [5.41, 5.74) is -0.333. The Labute approximate surface area is 165 Å². The van der Waals surface area contributed by atoms with Gasteiger partial charge in [-0.15, -0.1) is 0 Å². The Morgan fingerprint density at radius 2 is 1.81 bits per heavy atom. The number of hydrogen-bond donors (Lipinski definition) is 0. The lowest BCUT2D eigenvalue weighted by atomic mass is 9.78. The van der Waals surface area contributed by atoms with Crippen molar-refractivity contribution in [3.8, 4) is 0 Å². The molecule has 3 atom stereocenters. The van der Waals surface area contributed by atoms with Crippen molar-refractivity contribution in [3.05, 3.63) is 11.8 Å². The molecule has 5 nitrogen and oxygen atoms in total. The van der Waals surface area contributed by atoms with Gasteiger partial charge in [0.1, 0.15) is 0 Å². The molecule has 1 saturated carbocycles. The number of carbonyl (C=O) groups is 1. The van der Waals surface area contributed by atoms with Gasteiger partial charge in [-0.25, -0.2) is 4.79 Å². The molecule has 2 rings (SSSR count). The van der Waals surface area contributed by atoms with Crippen molar-refractivity contribution < 1.29 is 23.4 Å². The van der Waals surface area contributed by atoms with Gasteiger partial charge in [-0.3, -0.25) is 0 Å². The van der Waals surface area contributed by atoms with Gasteiger partial charge in [-0.2, -0.15) is 0 Å². The summed E-state index contributed by atoms with van der Waals surface area (Å²) in [5, 5.41) is 0.0417. The van der Waals surface area contributed by atoms with Gasteiger partial charge in [-0.1, -0.05) is 27.2 Å². The number of esters is 1. The maximum Gasteiger partial charge on any atom is 0.373 e. The molecular formula is C21H38O5Si. The predicted octanol–water partition coefficient (Wildman–Crippen LogP) is 5.17. The summed E-state index contributed by atoms with van der Waals surface area (Å²) in [6.45, 7) is 17.2. The fourth-order valence-corrected chi connectivity index (χ4v) is 5.10. The highest BCUT2D eigenvalue weighted by Crippen LogP contribution is 2.50. The SMILES string of the molecule is COC(=O)C1=C[C@@H](OC(C)(C)C)[C@H]2CCCC[C@@]2(O[Si](C)(C)C(C)(C)C)O1. The molecule has 0 aromatic carbocycles. The number of rotatable bonds is 4. The van der Waals surface area contributed by atoms with Gasteiger partial charge >= 0.3 is 5.97 Å². The quantitative estimate of drug-likeness (QED) is 0.483. The van der Waals surface area contributed by atoms with E-state index in [2.05, 4.69) is 33.9 Å². The van der Waals surface area contributed by atoms with Gasteiger partial charge in [0.15, 0.2) is 8.32 Å². The zero-order chi connectivity index (χ0) is 20.7. The predicted molar refractivity (Wildman–Crippen MR) is 109 cm³/mol. The Bertz CT molecular complexity index is 584. The van der Waals surface area contributed by atoms with E-state index in [1.165, 1.54) is 7.11 Å². The molecule has 27 heavy (non-hydrogen) atoms. The molecule has 0 unspecified atom stereocenters. The number of ether oxygens (including phenoxy) is 3. The van der Waals surface area contributed by atoms with E-state index in [4.69, 9.17) is 18.6 Å². The molecule has 1 fully saturated rings. The average molecular weight is 399 g/mol. The molecule has 0 spiro atoms. The summed E-state index contributed by atoms with van der Waals surface area (Å²) in [5.74, 6) is -1.02. The van der Waals surface area contributed by atoms with Gasteiger partial charge in [0.05, 0.1) is 24.7 Å². The zero-order valence-electron chi connectivity index (χ0n) is 18.6. The topological polar surface area (TPSA) is 54.0 Å². The van der Waals surface area contributed by atoms with E-state index in [9.17, 15) is 4.79 Å². The molecule has 0 radical (unpaired) electrons. The first kappa shape index (κ1) is 22.4. The Kier molecular flexibility index (Phi) is 6.25. The van der Waals surface area contributed by atoms with Crippen LogP contribution in [0.5, 0.6) is 0 Å². The van der Waals surface area contributed by atoms with Crippen LogP contribution in [-0.4, -0.2) is 38.9 Å². The molecule has 156 valence electrons. The Hall–Kier alpha value is -0.853. The van der Waals surface area contributed by atoms with Crippen molar-refractivity contribution in [2.45, 2.75) is 103 Å². The smallest absolute Gasteiger partial charge is 0.373 e. The molecule has 1 aliphatic heterocycles. The van der Waals surface area contributed by atoms with Crippen molar-refractivity contribution in [3.63, 3.8) is 0 Å². The first-order chi connectivity index (χ1) is 12.2. The second kappa shape index (κ2) is 7.52. The maximum atomic E-state index is 12.3. The molecule has 0 aromatic rings. The molecule has 0 amide bonds. The maximum absolute atomic E-state index is 12.3. The molecule has 0 N–H and O–H groups in total. The summed E-state index contributed by atoms with van der Waals surface area (Å²) >= 11 is 0. The minimum absolute atomic E-state index is 0.0417. The Balaban J connectivity index is 2.48. The van der Waals surface area contributed by atoms with Crippen LogP contribution < -0.4 is 0 Å². The van der Waals surface area contributed by atoms with Crippen LogP contribution in [0.3, 0.4) is 0 Å². The standard InChI is InChI=1S/C21H38O5Si/c1-19(2,3)24-16-14-17(18(22)23-7)25-21(13-11-10-12-15(16)21)26-27(8,9)20(4,5)6/h14-16H,10-13H2,1-9H3/t15-,16-,21+/m1/s1. The van der Waals surface area contributed by atoms with Crippen LogP contribution in [0.1, 0.15) is 67.2 Å². The zero-order valence-corrected chi connectivity index (χ0v) is 19.6. The molecule has 1 heterocycles. The van der Waals surface area contributed by atoms with Gasteiger partial charge in [-0.05, 0) is 57.8 Å². The highest BCUT2D eigenvalue weighted by atomic mass is 28.4. The largest absolute Gasteiger partial charge is 0.463 e. The van der Waals surface area contributed by atoms with E-state index in [1.807, 2.05) is 20.8 Å². The van der Waals surface area contributed by atoms with Gasteiger partial charge in [0.25, 0.3) is 0 Å². The normalized spacial score (nSPS) is 29.4. The van der Waals surface area contributed by atoms with E-state index >= 15 is 0 Å². The van der Waals surface area contributed by atoms with Crippen LogP contribution in [0, 0.1) is 5.92 Å². The highest BCUT2D eigenvalue weighted by molar-refractivity contribution is 6.74. The summed E-state index contributed by atoms with van der Waals surface area (Å²) in [7, 11) is -0.757. The number of hydrogen-bond acceptors (Lipinski definition) is 5. The molecular weight excluding hydrogens is 360 g/mol. The molecule has 0 saturated heterocycles. The third kappa shape index (κ3) is 4.95. The summed E-state index contributed by atoms with van der Waals surface area (Å²) in [4.78, 5) is 12.3. The third-order valence-corrected chi connectivity index (χ3v) is 10.4. The van der Waals surface area contributed by atoms with Gasteiger partial charge < -0.3 is 18.6 Å². The first-order valence-corrected chi connectivity index (χ1v) is 13.0. The number of fused-ring (bicyclic) bond motifs is 1. The molecule has 0 bridgehead atoms. The fourth-order valence-electron chi connectivity index (χ4n) is 3.63. The van der Waals surface area contributed by atoms with E-state index in [0.717, 1.165) is 25.7 Å². The van der Waals surface area contributed by atoms with Crippen LogP contribution in [0.4, 0.5) is 0 Å². The van der Waals surface area contributed by atoms with E-state index < -0.39 is 20.1 Å². The minimum Gasteiger partial charge on any atom is -0.463 e. The van der Waals surface area contributed by atoms with Crippen molar-refractivity contribution in [2.24, 2.45) is 5.92 Å². The lowest BCUT2D eigenvalue weighted by molar-refractivity contribution is -0.258. The number of methoxy groups -OCH3 is 1. The third-order valence-electron chi connectivity index (χ3n) is 5.96. The minimum atomic E-state index is -2.13. The summed E-state index contributed by atoms with van der Waals surface area (Å²) in [6.07, 6.45) is 5.41. The second-order valence-corrected chi connectivity index (χ2v) is 15.1. The summed E-state index contributed by atoms with van der Waals surface area (Å²) in [6, 6.07) is 0. The highest BCUT2D eigenvalue weighted by Gasteiger charge is 2.56. The van der Waals surface area contributed by atoms with Crippen molar-refractivity contribution >= 4 is 14.3 Å². The van der Waals surface area contributed by atoms with Gasteiger partial charge in [0.2, 0.25) is 11.5 Å². The summed E-state index contributed by atoms with van der Waals surface area (Å²) < 4.78 is 24.5.